The molecule has 0 bridgehead atoms. The molecule has 0 atom stereocenters. The Labute approximate surface area is 143 Å². The smallest absolute Gasteiger partial charge is 0.431 e. The van der Waals surface area contributed by atoms with Gasteiger partial charge in [0.25, 0.3) is 11.5 Å². The summed E-state index contributed by atoms with van der Waals surface area (Å²) in [5.41, 5.74) is 2.41. The molecule has 25 heavy (non-hydrogen) atoms. The van der Waals surface area contributed by atoms with E-state index in [1.54, 1.807) is 0 Å². The van der Waals surface area contributed by atoms with Gasteiger partial charge in [-0.05, 0) is 29.8 Å². The summed E-state index contributed by atoms with van der Waals surface area (Å²) >= 11 is 6.00. The van der Waals surface area contributed by atoms with Crippen LogP contribution in [0.1, 0.15) is 21.6 Å². The van der Waals surface area contributed by atoms with Crippen LogP contribution in [-0.2, 0) is 12.7 Å². The van der Waals surface area contributed by atoms with Crippen molar-refractivity contribution in [1.82, 2.24) is 4.57 Å². The van der Waals surface area contributed by atoms with Crippen LogP contribution < -0.4 is 20.8 Å². The van der Waals surface area contributed by atoms with Crippen LogP contribution in [0.3, 0.4) is 0 Å². The van der Waals surface area contributed by atoms with E-state index in [9.17, 15) is 22.8 Å². The van der Waals surface area contributed by atoms with E-state index in [2.05, 4.69) is 0 Å². The maximum absolute atomic E-state index is 13.2. The van der Waals surface area contributed by atoms with Gasteiger partial charge in [0.05, 0.1) is 11.6 Å². The molecule has 6 nitrogen and oxygen atoms in total. The number of nitrogens with two attached hydrogens (primary N) is 1. The molecule has 3 rings (SSSR count). The van der Waals surface area contributed by atoms with Gasteiger partial charge in [0.2, 0.25) is 6.79 Å². The van der Waals surface area contributed by atoms with Gasteiger partial charge in [0.1, 0.15) is 11.3 Å². The highest BCUT2D eigenvalue weighted by molar-refractivity contribution is 6.32. The van der Waals surface area contributed by atoms with Crippen molar-refractivity contribution in [2.45, 2.75) is 12.7 Å². The Kier molecular flexibility index (Phi) is 4.11. The maximum atomic E-state index is 13.2. The standard InChI is InChI=1S/C15H10ClF3N2O4/c16-9-3-7(4-10-12(9)25-6-24-10)5-21-11(15(17,18)19)2-1-8(13(20)22)14(21)23/h1-4H,5-6H2,(H2,20,22). The number of ether oxygens (including phenoxy) is 2. The third-order valence-corrected chi connectivity index (χ3v) is 3.84. The Morgan fingerprint density at radius 3 is 2.64 bits per heavy atom. The number of pyridine rings is 1. The van der Waals surface area contributed by atoms with E-state index in [4.69, 9.17) is 26.8 Å². The second kappa shape index (κ2) is 5.99. The molecule has 0 spiro atoms. The molecule has 132 valence electrons. The zero-order valence-electron chi connectivity index (χ0n) is 12.4. The van der Waals surface area contributed by atoms with E-state index in [1.165, 1.54) is 12.1 Å². The van der Waals surface area contributed by atoms with Gasteiger partial charge in [-0.2, -0.15) is 13.2 Å². The Morgan fingerprint density at radius 2 is 2.00 bits per heavy atom. The fourth-order valence-corrected chi connectivity index (χ4v) is 2.75. The minimum Gasteiger partial charge on any atom is -0.454 e. The molecule has 0 fully saturated rings. The van der Waals surface area contributed by atoms with E-state index in [1.807, 2.05) is 0 Å². The first-order valence-corrected chi connectivity index (χ1v) is 7.25. The molecule has 2 heterocycles. The van der Waals surface area contributed by atoms with E-state index < -0.39 is 35.4 Å². The van der Waals surface area contributed by atoms with Crippen LogP contribution in [0.2, 0.25) is 5.02 Å². The van der Waals surface area contributed by atoms with Crippen molar-refractivity contribution >= 4 is 17.5 Å². The summed E-state index contributed by atoms with van der Waals surface area (Å²) in [6.45, 7) is -0.547. The summed E-state index contributed by atoms with van der Waals surface area (Å²) in [5.74, 6) is -0.578. The van der Waals surface area contributed by atoms with E-state index >= 15 is 0 Å². The van der Waals surface area contributed by atoms with Gasteiger partial charge in [-0.15, -0.1) is 0 Å². The summed E-state index contributed by atoms with van der Waals surface area (Å²) in [6.07, 6.45) is -4.80. The van der Waals surface area contributed by atoms with Gasteiger partial charge in [-0.3, -0.25) is 14.2 Å². The highest BCUT2D eigenvalue weighted by Crippen LogP contribution is 2.40. The molecule has 1 amide bonds. The molecule has 10 heteroatoms. The fourth-order valence-electron chi connectivity index (χ4n) is 2.46. The number of carbonyl (C=O) groups is 1. The monoisotopic (exact) mass is 374 g/mol. The average Bonchev–Trinajstić information content (AvgIpc) is 2.96. The number of primary amides is 1. The van der Waals surface area contributed by atoms with Crippen LogP contribution >= 0.6 is 11.6 Å². The zero-order chi connectivity index (χ0) is 18.4. The second-order valence-corrected chi connectivity index (χ2v) is 5.60. The number of benzene rings is 1. The van der Waals surface area contributed by atoms with Crippen molar-refractivity contribution in [2.75, 3.05) is 6.79 Å². The molecule has 1 aromatic carbocycles. The zero-order valence-corrected chi connectivity index (χ0v) is 13.1. The number of amides is 1. The summed E-state index contributed by atoms with van der Waals surface area (Å²) in [4.78, 5) is 23.5. The van der Waals surface area contributed by atoms with Crippen LogP contribution in [0.4, 0.5) is 13.2 Å². The number of aromatic nitrogens is 1. The summed E-state index contributed by atoms with van der Waals surface area (Å²) in [7, 11) is 0. The predicted molar refractivity (Wildman–Crippen MR) is 80.9 cm³/mol. The number of hydrogen-bond donors (Lipinski definition) is 1. The van der Waals surface area contributed by atoms with Crippen LogP contribution in [0.5, 0.6) is 11.5 Å². The summed E-state index contributed by atoms with van der Waals surface area (Å²) in [5, 5.41) is 0.137. The third kappa shape index (κ3) is 3.14. The lowest BCUT2D eigenvalue weighted by Crippen LogP contribution is -2.34. The maximum Gasteiger partial charge on any atom is 0.431 e. The molecule has 0 aliphatic carbocycles. The molecular weight excluding hydrogens is 365 g/mol. The molecule has 0 radical (unpaired) electrons. The Balaban J connectivity index is 2.13. The molecule has 0 saturated heterocycles. The van der Waals surface area contributed by atoms with Crippen LogP contribution in [0, 0.1) is 0 Å². The van der Waals surface area contributed by atoms with Crippen LogP contribution in [0.25, 0.3) is 0 Å². The number of nitrogens with zero attached hydrogens (tertiary/aromatic N) is 1. The number of hydrogen-bond acceptors (Lipinski definition) is 4. The largest absolute Gasteiger partial charge is 0.454 e. The van der Waals surface area contributed by atoms with Crippen molar-refractivity contribution in [1.29, 1.82) is 0 Å². The lowest BCUT2D eigenvalue weighted by atomic mass is 10.1. The third-order valence-electron chi connectivity index (χ3n) is 3.56. The molecule has 1 aromatic heterocycles. The Hall–Kier alpha value is -2.68. The SMILES string of the molecule is NC(=O)c1ccc(C(F)(F)F)n(Cc2cc(Cl)c3c(c2)OCO3)c1=O. The molecule has 1 aliphatic rings. The van der Waals surface area contributed by atoms with Gasteiger partial charge in [0, 0.05) is 0 Å². The molecular formula is C15H10ClF3N2O4. The summed E-state index contributed by atoms with van der Waals surface area (Å²) < 4.78 is 50.4. The molecule has 2 aromatic rings. The lowest BCUT2D eigenvalue weighted by molar-refractivity contribution is -0.144. The first kappa shape index (κ1) is 17.2. The minimum atomic E-state index is -4.80. The van der Waals surface area contributed by atoms with E-state index in [-0.39, 0.29) is 28.9 Å². The number of carbonyl (C=O) groups excluding carboxylic acids is 1. The number of rotatable bonds is 3. The number of halogens is 4. The highest BCUT2D eigenvalue weighted by Gasteiger charge is 2.35. The van der Waals surface area contributed by atoms with Crippen LogP contribution in [0.15, 0.2) is 29.1 Å². The Bertz CT molecular complexity index is 924. The highest BCUT2D eigenvalue weighted by atomic mass is 35.5. The topological polar surface area (TPSA) is 83.6 Å². The van der Waals surface area contributed by atoms with Crippen molar-refractivity contribution < 1.29 is 27.4 Å². The molecule has 0 saturated carbocycles. The average molecular weight is 375 g/mol. The molecule has 1 aliphatic heterocycles. The predicted octanol–water partition coefficient (Wildman–Crippen LogP) is 2.40. The van der Waals surface area contributed by atoms with Crippen molar-refractivity contribution in [3.05, 3.63) is 56.5 Å². The van der Waals surface area contributed by atoms with E-state index in [0.29, 0.717) is 10.6 Å². The van der Waals surface area contributed by atoms with E-state index in [0.717, 1.165) is 6.07 Å². The van der Waals surface area contributed by atoms with Crippen molar-refractivity contribution in [3.63, 3.8) is 0 Å². The van der Waals surface area contributed by atoms with Crippen molar-refractivity contribution in [3.8, 4) is 11.5 Å². The van der Waals surface area contributed by atoms with Gasteiger partial charge in [-0.1, -0.05) is 11.6 Å². The number of alkyl halides is 3. The minimum absolute atomic E-state index is 0.0661. The van der Waals surface area contributed by atoms with Gasteiger partial charge >= 0.3 is 6.18 Å². The molecule has 2 N–H and O–H groups in total. The summed E-state index contributed by atoms with van der Waals surface area (Å²) in [6, 6.07) is 4.17. The first-order chi connectivity index (χ1) is 11.7. The second-order valence-electron chi connectivity index (χ2n) is 5.20. The first-order valence-electron chi connectivity index (χ1n) is 6.87. The lowest BCUT2D eigenvalue weighted by Gasteiger charge is -2.16. The van der Waals surface area contributed by atoms with Gasteiger partial charge in [0.15, 0.2) is 11.5 Å². The fraction of sp³-hybridized carbons (Fsp3) is 0.200. The number of fused-ring (bicyclic) bond motifs is 1. The van der Waals surface area contributed by atoms with Gasteiger partial charge in [-0.25, -0.2) is 0 Å². The quantitative estimate of drug-likeness (QED) is 0.894. The van der Waals surface area contributed by atoms with Crippen molar-refractivity contribution in [2.24, 2.45) is 5.73 Å². The Morgan fingerprint density at radius 1 is 1.28 bits per heavy atom. The van der Waals surface area contributed by atoms with Gasteiger partial charge < -0.3 is 15.2 Å². The molecule has 0 unspecified atom stereocenters. The normalized spacial score (nSPS) is 13.1. The van der Waals surface area contributed by atoms with Crippen LogP contribution in [-0.4, -0.2) is 17.3 Å².